The van der Waals surface area contributed by atoms with Crippen molar-refractivity contribution in [2.45, 2.75) is 264 Å². The highest BCUT2D eigenvalue weighted by atomic mass is 31.2. The van der Waals surface area contributed by atoms with E-state index in [0.29, 0.717) is 23.9 Å². The largest absolute Gasteiger partial charge is 0.472 e. The zero-order valence-corrected chi connectivity index (χ0v) is 61.0. The van der Waals surface area contributed by atoms with E-state index in [4.69, 9.17) is 18.5 Å². The van der Waals surface area contributed by atoms with Crippen molar-refractivity contribution in [3.63, 3.8) is 0 Å². The summed E-state index contributed by atoms with van der Waals surface area (Å²) in [6.45, 7) is 4.16. The molecule has 2 atom stereocenters. The number of esters is 2. The van der Waals surface area contributed by atoms with Gasteiger partial charge in [-0.05, 0) is 148 Å². The van der Waals surface area contributed by atoms with E-state index in [1.165, 1.54) is 44.9 Å². The minimum atomic E-state index is -4.41. The lowest BCUT2D eigenvalue weighted by molar-refractivity contribution is -0.870. The van der Waals surface area contributed by atoms with Gasteiger partial charge in [-0.15, -0.1) is 0 Å². The lowest BCUT2D eigenvalue weighted by Gasteiger charge is -2.24. The molecule has 0 aliphatic heterocycles. The van der Waals surface area contributed by atoms with E-state index in [1.54, 1.807) is 0 Å². The number of nitrogens with zero attached hydrogens (tertiary/aromatic N) is 1. The molecule has 0 aromatic carbocycles. The second kappa shape index (κ2) is 71.9. The molecule has 9 nitrogen and oxygen atoms in total. The summed E-state index contributed by atoms with van der Waals surface area (Å²) >= 11 is 0. The van der Waals surface area contributed by atoms with Gasteiger partial charge in [0.1, 0.15) is 19.8 Å². The smallest absolute Gasteiger partial charge is 0.462 e. The van der Waals surface area contributed by atoms with Crippen LogP contribution < -0.4 is 0 Å². The number of quaternary nitrogens is 1. The molecule has 94 heavy (non-hydrogen) atoms. The molecule has 0 bridgehead atoms. The molecule has 0 rings (SSSR count). The maximum absolute atomic E-state index is 12.9. The summed E-state index contributed by atoms with van der Waals surface area (Å²) in [6.07, 6.45) is 114. The molecule has 0 spiro atoms. The maximum Gasteiger partial charge on any atom is 0.472 e. The summed E-state index contributed by atoms with van der Waals surface area (Å²) < 4.78 is 34.7. The van der Waals surface area contributed by atoms with Crippen LogP contribution in [0.25, 0.3) is 0 Å². The fourth-order valence-electron chi connectivity index (χ4n) is 9.26. The Morgan fingerprint density at radius 2 is 0.574 bits per heavy atom. The summed E-state index contributed by atoms with van der Waals surface area (Å²) in [5.41, 5.74) is 0. The highest BCUT2D eigenvalue weighted by Crippen LogP contribution is 2.43. The van der Waals surface area contributed by atoms with Gasteiger partial charge in [-0.2, -0.15) is 0 Å². The monoisotopic (exact) mass is 1320 g/mol. The third kappa shape index (κ3) is 75.6. The molecule has 0 saturated carbocycles. The quantitative estimate of drug-likeness (QED) is 0.0211. The number of rotatable bonds is 65. The van der Waals surface area contributed by atoms with Gasteiger partial charge in [-0.25, -0.2) is 4.57 Å². The van der Waals surface area contributed by atoms with Crippen LogP contribution in [0.2, 0.25) is 0 Å². The standard InChI is InChI=1S/C84H134NO8P/c1-6-8-10-12-14-16-18-20-22-24-26-28-30-32-34-36-38-39-40-41-42-43-44-45-47-49-51-53-55-57-59-61-63-65-67-69-71-73-75-77-84(87)93-82(81-92-94(88,89)91-79-78-85(3,4)5)80-90-83(86)76-74-72-70-68-66-64-62-60-58-56-54-52-50-48-46-37-35-33-31-29-27-25-23-21-19-17-15-13-11-9-7-2/h8-11,14-17,20-23,26-29,32-35,38-39,41-42,44-46,48-49,51-52,54,58,60,82H,6-7,12-13,18-19,24-25,30-31,36-37,40,43,47,50,53,55-57,59,61-81H2,1-5H3/p+1/b10-8-,11-9-,16-14-,17-15-,22-20-,23-21-,28-26-,29-27-,34-32-,35-33-,39-38-,42-41-,45-44-,48-46-,51-49-,54-52-,60-58-. The summed E-state index contributed by atoms with van der Waals surface area (Å²) in [7, 11) is 1.44. The van der Waals surface area contributed by atoms with Crippen molar-refractivity contribution in [3.8, 4) is 0 Å². The van der Waals surface area contributed by atoms with Crippen LogP contribution in [0.5, 0.6) is 0 Å². The first kappa shape index (κ1) is 88.6. The molecule has 1 N–H and O–H groups in total. The Labute approximate surface area is 576 Å². The summed E-state index contributed by atoms with van der Waals surface area (Å²) in [4.78, 5) is 35.9. The predicted octanol–water partition coefficient (Wildman–Crippen LogP) is 24.6. The predicted molar refractivity (Wildman–Crippen MR) is 408 cm³/mol. The van der Waals surface area contributed by atoms with Crippen molar-refractivity contribution in [2.75, 3.05) is 47.5 Å². The first-order valence-electron chi connectivity index (χ1n) is 36.8. The molecular weight excluding hydrogens is 1180 g/mol. The molecule has 10 heteroatoms. The van der Waals surface area contributed by atoms with E-state index >= 15 is 0 Å². The van der Waals surface area contributed by atoms with Crippen molar-refractivity contribution in [2.24, 2.45) is 0 Å². The van der Waals surface area contributed by atoms with Gasteiger partial charge in [0.2, 0.25) is 0 Å². The van der Waals surface area contributed by atoms with Gasteiger partial charge in [-0.3, -0.25) is 18.6 Å². The third-order valence-corrected chi connectivity index (χ3v) is 15.8. The van der Waals surface area contributed by atoms with Crippen molar-refractivity contribution < 1.29 is 42.1 Å². The summed E-state index contributed by atoms with van der Waals surface area (Å²) in [6, 6.07) is 0. The molecule has 0 aromatic rings. The van der Waals surface area contributed by atoms with Crippen LogP contribution in [0.15, 0.2) is 207 Å². The average molecular weight is 1320 g/mol. The molecule has 0 radical (unpaired) electrons. The Morgan fingerprint density at radius 3 is 0.851 bits per heavy atom. The number of ether oxygens (including phenoxy) is 2. The molecule has 0 aliphatic carbocycles. The van der Waals surface area contributed by atoms with Crippen molar-refractivity contribution in [1.29, 1.82) is 0 Å². The molecule has 0 amide bonds. The Kier molecular flexibility index (Phi) is 67.7. The molecule has 2 unspecified atom stereocenters. The molecular formula is C84H135NO8P+. The number of unbranched alkanes of at least 4 members (excludes halogenated alkanes) is 17. The number of likely N-dealkylation sites (N-methyl/N-ethyl adjacent to an activating group) is 1. The van der Waals surface area contributed by atoms with Crippen molar-refractivity contribution in [3.05, 3.63) is 207 Å². The Balaban J connectivity index is 4.15. The average Bonchev–Trinajstić information content (AvgIpc) is 1.56. The van der Waals surface area contributed by atoms with E-state index in [0.717, 1.165) is 173 Å². The fraction of sp³-hybridized carbons (Fsp3) is 0.571. The van der Waals surface area contributed by atoms with Crippen LogP contribution >= 0.6 is 7.82 Å². The Morgan fingerprint density at radius 1 is 0.330 bits per heavy atom. The minimum Gasteiger partial charge on any atom is -0.462 e. The van der Waals surface area contributed by atoms with Crippen LogP contribution in [0, 0.1) is 0 Å². The van der Waals surface area contributed by atoms with Crippen molar-refractivity contribution in [1.82, 2.24) is 0 Å². The number of hydrogen-bond donors (Lipinski definition) is 1. The maximum atomic E-state index is 12.9. The number of allylic oxidation sites excluding steroid dienone is 34. The Bertz CT molecular complexity index is 2340. The van der Waals surface area contributed by atoms with Gasteiger partial charge in [0.15, 0.2) is 6.10 Å². The van der Waals surface area contributed by atoms with Gasteiger partial charge >= 0.3 is 19.8 Å². The lowest BCUT2D eigenvalue weighted by atomic mass is 10.0. The summed E-state index contributed by atoms with van der Waals surface area (Å²) in [5.74, 6) is -0.831. The number of phosphoric acid groups is 1. The highest BCUT2D eigenvalue weighted by Gasteiger charge is 2.27. The molecule has 0 saturated heterocycles. The lowest BCUT2D eigenvalue weighted by Crippen LogP contribution is -2.37. The number of hydrogen-bond acceptors (Lipinski definition) is 7. The van der Waals surface area contributed by atoms with Gasteiger partial charge in [-0.1, -0.05) is 304 Å². The SMILES string of the molecule is CC/C=C\C/C=C\C/C=C\C/C=C\C/C=C\C/C=C\C/C=C\C/C=C\C/C=C\CCCCCCCCCCCCCC(=O)OC(COC(=O)CCCCCCCC/C=C\C/C=C\C/C=C\C/C=C\C/C=C\C/C=C\C/C=C\C/C=C\CC)COP(=O)(O)OCC[N+](C)(C)C. The number of carbonyl (C=O) groups is 2. The van der Waals surface area contributed by atoms with E-state index in [-0.39, 0.29) is 32.0 Å². The number of phosphoric ester groups is 1. The van der Waals surface area contributed by atoms with E-state index in [1.807, 2.05) is 21.1 Å². The van der Waals surface area contributed by atoms with Crippen LogP contribution in [0.4, 0.5) is 0 Å². The minimum absolute atomic E-state index is 0.0176. The van der Waals surface area contributed by atoms with Crippen LogP contribution in [0.3, 0.4) is 0 Å². The summed E-state index contributed by atoms with van der Waals surface area (Å²) in [5, 5.41) is 0. The number of carbonyl (C=O) groups excluding carboxylic acids is 2. The third-order valence-electron chi connectivity index (χ3n) is 14.8. The topological polar surface area (TPSA) is 108 Å². The second-order valence-electron chi connectivity index (χ2n) is 24.9. The van der Waals surface area contributed by atoms with E-state index < -0.39 is 26.5 Å². The van der Waals surface area contributed by atoms with E-state index in [2.05, 4.69) is 220 Å². The normalized spacial score (nSPS) is 14.3. The molecule has 0 aromatic heterocycles. The molecule has 0 aliphatic rings. The zero-order chi connectivity index (χ0) is 68.3. The van der Waals surface area contributed by atoms with Crippen LogP contribution in [0.1, 0.15) is 258 Å². The Hall–Kier alpha value is -5.41. The van der Waals surface area contributed by atoms with Crippen molar-refractivity contribution >= 4 is 19.8 Å². The molecule has 528 valence electrons. The van der Waals surface area contributed by atoms with Gasteiger partial charge in [0.25, 0.3) is 0 Å². The first-order valence-corrected chi connectivity index (χ1v) is 38.3. The van der Waals surface area contributed by atoms with E-state index in [9.17, 15) is 19.0 Å². The van der Waals surface area contributed by atoms with Crippen LogP contribution in [-0.2, 0) is 32.7 Å². The van der Waals surface area contributed by atoms with Gasteiger partial charge < -0.3 is 18.9 Å². The molecule has 0 fully saturated rings. The second-order valence-corrected chi connectivity index (χ2v) is 26.3. The van der Waals surface area contributed by atoms with Gasteiger partial charge in [0, 0.05) is 12.8 Å². The highest BCUT2D eigenvalue weighted by molar-refractivity contribution is 7.47. The molecule has 0 heterocycles. The van der Waals surface area contributed by atoms with Crippen LogP contribution in [-0.4, -0.2) is 74.9 Å². The first-order chi connectivity index (χ1) is 46.0. The van der Waals surface area contributed by atoms with Gasteiger partial charge in [0.05, 0.1) is 27.7 Å². The zero-order valence-electron chi connectivity index (χ0n) is 60.1. The fourth-order valence-corrected chi connectivity index (χ4v) is 10.0.